The van der Waals surface area contributed by atoms with Crippen molar-refractivity contribution < 1.29 is 0 Å². The first-order valence-electron chi connectivity index (χ1n) is 5.74. The van der Waals surface area contributed by atoms with Crippen molar-refractivity contribution in [2.24, 2.45) is 5.92 Å². The normalized spacial score (nSPS) is 12.4. The van der Waals surface area contributed by atoms with Crippen LogP contribution in [0.15, 0.2) is 0 Å². The SMILES string of the molecule is CCCCCCCCC(C#N)CC. The Morgan fingerprint density at radius 3 is 2.15 bits per heavy atom. The first-order valence-corrected chi connectivity index (χ1v) is 5.74. The second kappa shape index (κ2) is 9.58. The van der Waals surface area contributed by atoms with E-state index in [1.165, 1.54) is 38.5 Å². The molecule has 0 aromatic rings. The number of hydrogen-bond acceptors (Lipinski definition) is 1. The van der Waals surface area contributed by atoms with E-state index >= 15 is 0 Å². The maximum atomic E-state index is 8.72. The Morgan fingerprint density at radius 2 is 1.62 bits per heavy atom. The summed E-state index contributed by atoms with van der Waals surface area (Å²) in [6, 6.07) is 2.35. The number of rotatable bonds is 8. The molecule has 0 saturated heterocycles. The van der Waals surface area contributed by atoms with E-state index in [0.717, 1.165) is 12.8 Å². The molecule has 0 radical (unpaired) electrons. The molecule has 0 saturated carbocycles. The van der Waals surface area contributed by atoms with Gasteiger partial charge in [-0.25, -0.2) is 0 Å². The van der Waals surface area contributed by atoms with Gasteiger partial charge in [0, 0.05) is 5.92 Å². The molecular formula is C12H23N. The average Bonchev–Trinajstić information content (AvgIpc) is 2.17. The Labute approximate surface area is 83.1 Å². The molecule has 0 aliphatic heterocycles. The lowest BCUT2D eigenvalue weighted by Gasteiger charge is -2.04. The van der Waals surface area contributed by atoms with Crippen LogP contribution in [0.4, 0.5) is 0 Å². The topological polar surface area (TPSA) is 23.8 Å². The Hall–Kier alpha value is -0.510. The van der Waals surface area contributed by atoms with E-state index in [2.05, 4.69) is 19.9 Å². The lowest BCUT2D eigenvalue weighted by Crippen LogP contribution is -1.94. The molecule has 0 bridgehead atoms. The highest BCUT2D eigenvalue weighted by Crippen LogP contribution is 2.13. The van der Waals surface area contributed by atoms with Gasteiger partial charge in [0.1, 0.15) is 0 Å². The summed E-state index contributed by atoms with van der Waals surface area (Å²) in [5, 5.41) is 8.72. The Kier molecular flexibility index (Phi) is 9.20. The third kappa shape index (κ3) is 7.84. The zero-order chi connectivity index (χ0) is 9.94. The number of nitrogens with zero attached hydrogens (tertiary/aromatic N) is 1. The molecule has 0 N–H and O–H groups in total. The molecule has 13 heavy (non-hydrogen) atoms. The van der Waals surface area contributed by atoms with Crippen LogP contribution >= 0.6 is 0 Å². The molecule has 0 fully saturated rings. The van der Waals surface area contributed by atoms with Crippen molar-refractivity contribution in [1.82, 2.24) is 0 Å². The van der Waals surface area contributed by atoms with Crippen LogP contribution in [0.25, 0.3) is 0 Å². The van der Waals surface area contributed by atoms with Crippen LogP contribution in [0.3, 0.4) is 0 Å². The van der Waals surface area contributed by atoms with E-state index in [9.17, 15) is 0 Å². The zero-order valence-electron chi connectivity index (χ0n) is 9.18. The summed E-state index contributed by atoms with van der Waals surface area (Å²) in [4.78, 5) is 0. The maximum absolute atomic E-state index is 8.72. The van der Waals surface area contributed by atoms with Crippen LogP contribution in [0.1, 0.15) is 65.2 Å². The molecule has 1 nitrogen and oxygen atoms in total. The van der Waals surface area contributed by atoms with E-state index in [4.69, 9.17) is 5.26 Å². The van der Waals surface area contributed by atoms with Gasteiger partial charge in [0.2, 0.25) is 0 Å². The molecule has 1 heteroatoms. The maximum Gasteiger partial charge on any atom is 0.0655 e. The van der Waals surface area contributed by atoms with Crippen LogP contribution in [-0.4, -0.2) is 0 Å². The van der Waals surface area contributed by atoms with Gasteiger partial charge in [0.15, 0.2) is 0 Å². The molecule has 76 valence electrons. The molecule has 0 aliphatic rings. The van der Waals surface area contributed by atoms with Crippen molar-refractivity contribution in [3.05, 3.63) is 0 Å². The molecular weight excluding hydrogens is 158 g/mol. The van der Waals surface area contributed by atoms with Crippen LogP contribution in [-0.2, 0) is 0 Å². The van der Waals surface area contributed by atoms with Gasteiger partial charge in [-0.3, -0.25) is 0 Å². The van der Waals surface area contributed by atoms with Crippen LogP contribution in [0.5, 0.6) is 0 Å². The fourth-order valence-corrected chi connectivity index (χ4v) is 1.53. The summed E-state index contributed by atoms with van der Waals surface area (Å²) in [6.45, 7) is 4.34. The van der Waals surface area contributed by atoms with Gasteiger partial charge in [0.25, 0.3) is 0 Å². The lowest BCUT2D eigenvalue weighted by molar-refractivity contribution is 0.516. The van der Waals surface area contributed by atoms with Crippen molar-refractivity contribution in [2.75, 3.05) is 0 Å². The van der Waals surface area contributed by atoms with Gasteiger partial charge in [0.05, 0.1) is 6.07 Å². The second-order valence-electron chi connectivity index (χ2n) is 3.79. The molecule has 0 amide bonds. The molecule has 0 aromatic carbocycles. The van der Waals surface area contributed by atoms with Gasteiger partial charge in [-0.1, -0.05) is 52.4 Å². The minimum absolute atomic E-state index is 0.311. The van der Waals surface area contributed by atoms with E-state index < -0.39 is 0 Å². The third-order valence-corrected chi connectivity index (χ3v) is 2.58. The van der Waals surface area contributed by atoms with Crippen molar-refractivity contribution in [2.45, 2.75) is 65.2 Å². The molecule has 0 heterocycles. The highest BCUT2D eigenvalue weighted by Gasteiger charge is 2.02. The van der Waals surface area contributed by atoms with Crippen LogP contribution in [0, 0.1) is 17.2 Å². The van der Waals surface area contributed by atoms with E-state index in [-0.39, 0.29) is 0 Å². The molecule has 1 unspecified atom stereocenters. The van der Waals surface area contributed by atoms with Crippen LogP contribution in [0.2, 0.25) is 0 Å². The number of nitriles is 1. The fourth-order valence-electron chi connectivity index (χ4n) is 1.53. The number of hydrogen-bond donors (Lipinski definition) is 0. The van der Waals surface area contributed by atoms with Gasteiger partial charge < -0.3 is 0 Å². The monoisotopic (exact) mass is 181 g/mol. The predicted octanol–water partition coefficient (Wildman–Crippen LogP) is 4.29. The summed E-state index contributed by atoms with van der Waals surface area (Å²) in [5.74, 6) is 0.311. The molecule has 1 atom stereocenters. The first kappa shape index (κ1) is 12.5. The van der Waals surface area contributed by atoms with Gasteiger partial charge in [-0.15, -0.1) is 0 Å². The van der Waals surface area contributed by atoms with E-state index in [1.807, 2.05) is 0 Å². The molecule has 0 aromatic heterocycles. The average molecular weight is 181 g/mol. The molecule has 0 aliphatic carbocycles. The largest absolute Gasteiger partial charge is 0.198 e. The third-order valence-electron chi connectivity index (χ3n) is 2.58. The standard InChI is InChI=1S/C12H23N/c1-3-5-6-7-8-9-10-12(4-2)11-13/h12H,3-10H2,1-2H3. The first-order chi connectivity index (χ1) is 6.35. The van der Waals surface area contributed by atoms with Gasteiger partial charge in [-0.2, -0.15) is 5.26 Å². The van der Waals surface area contributed by atoms with Crippen molar-refractivity contribution >= 4 is 0 Å². The quantitative estimate of drug-likeness (QED) is 0.512. The molecule has 0 spiro atoms. The summed E-state index contributed by atoms with van der Waals surface area (Å²) in [6.07, 6.45) is 10.1. The Bertz CT molecular complexity index is 135. The van der Waals surface area contributed by atoms with E-state index in [0.29, 0.717) is 5.92 Å². The summed E-state index contributed by atoms with van der Waals surface area (Å²) in [5.41, 5.74) is 0. The van der Waals surface area contributed by atoms with Gasteiger partial charge in [-0.05, 0) is 12.8 Å². The smallest absolute Gasteiger partial charge is 0.0655 e. The fraction of sp³-hybridized carbons (Fsp3) is 0.917. The van der Waals surface area contributed by atoms with Crippen LogP contribution < -0.4 is 0 Å². The second-order valence-corrected chi connectivity index (χ2v) is 3.79. The summed E-state index contributed by atoms with van der Waals surface area (Å²) in [7, 11) is 0. The van der Waals surface area contributed by atoms with E-state index in [1.54, 1.807) is 0 Å². The Morgan fingerprint density at radius 1 is 1.00 bits per heavy atom. The summed E-state index contributed by atoms with van der Waals surface area (Å²) >= 11 is 0. The lowest BCUT2D eigenvalue weighted by atomic mass is 9.99. The minimum Gasteiger partial charge on any atom is -0.198 e. The summed E-state index contributed by atoms with van der Waals surface area (Å²) < 4.78 is 0. The van der Waals surface area contributed by atoms with Crippen molar-refractivity contribution in [1.29, 1.82) is 5.26 Å². The molecule has 0 rings (SSSR count). The van der Waals surface area contributed by atoms with Crippen molar-refractivity contribution in [3.8, 4) is 6.07 Å². The van der Waals surface area contributed by atoms with Crippen molar-refractivity contribution in [3.63, 3.8) is 0 Å². The Balaban J connectivity index is 3.11. The highest BCUT2D eigenvalue weighted by atomic mass is 14.3. The zero-order valence-corrected chi connectivity index (χ0v) is 9.18. The predicted molar refractivity (Wildman–Crippen MR) is 57.4 cm³/mol. The number of unbranched alkanes of at least 4 members (excludes halogenated alkanes) is 5. The minimum atomic E-state index is 0.311. The van der Waals surface area contributed by atoms with Gasteiger partial charge >= 0.3 is 0 Å². The highest BCUT2D eigenvalue weighted by molar-refractivity contribution is 4.80.